The number of amides is 1. The normalized spacial score (nSPS) is 26.9. The summed E-state index contributed by atoms with van der Waals surface area (Å²) in [7, 11) is 0. The van der Waals surface area contributed by atoms with Crippen molar-refractivity contribution in [2.24, 2.45) is 0 Å². The molecule has 0 radical (unpaired) electrons. The molecular formula is C9H16N2O. The van der Waals surface area contributed by atoms with E-state index in [2.05, 4.69) is 5.32 Å². The maximum atomic E-state index is 11.0. The monoisotopic (exact) mass is 168 g/mol. The first-order valence-electron chi connectivity index (χ1n) is 4.72. The Balaban J connectivity index is 1.88. The first-order chi connectivity index (χ1) is 5.72. The summed E-state index contributed by atoms with van der Waals surface area (Å²) in [6, 6.07) is 0. The van der Waals surface area contributed by atoms with E-state index in [1.165, 1.54) is 13.0 Å². The van der Waals surface area contributed by atoms with Gasteiger partial charge in [0.2, 0.25) is 5.91 Å². The van der Waals surface area contributed by atoms with E-state index in [1.807, 2.05) is 4.90 Å². The molecule has 2 rings (SSSR count). The van der Waals surface area contributed by atoms with Crippen molar-refractivity contribution in [1.82, 2.24) is 10.2 Å². The molecule has 68 valence electrons. The third-order valence-electron chi connectivity index (χ3n) is 3.27. The molecule has 0 aromatic rings. The zero-order chi connectivity index (χ0) is 8.60. The highest BCUT2D eigenvalue weighted by atomic mass is 16.2. The quantitative estimate of drug-likeness (QED) is 0.566. The minimum atomic E-state index is 0.226. The van der Waals surface area contributed by atoms with Crippen LogP contribution in [0.15, 0.2) is 0 Å². The SMILES string of the molecule is CC(=O)N1CCC2(CCN2)CC1. The second-order valence-electron chi connectivity index (χ2n) is 3.96. The molecule has 2 heterocycles. The molecular weight excluding hydrogens is 152 g/mol. The zero-order valence-electron chi connectivity index (χ0n) is 7.60. The fourth-order valence-corrected chi connectivity index (χ4v) is 2.15. The van der Waals surface area contributed by atoms with Crippen LogP contribution in [0.5, 0.6) is 0 Å². The van der Waals surface area contributed by atoms with Crippen LogP contribution in [0.4, 0.5) is 0 Å². The van der Waals surface area contributed by atoms with Gasteiger partial charge >= 0.3 is 0 Å². The molecule has 0 atom stereocenters. The molecule has 0 saturated carbocycles. The van der Waals surface area contributed by atoms with E-state index in [4.69, 9.17) is 0 Å². The van der Waals surface area contributed by atoms with Crippen LogP contribution < -0.4 is 5.32 Å². The van der Waals surface area contributed by atoms with Gasteiger partial charge in [0.1, 0.15) is 0 Å². The van der Waals surface area contributed by atoms with Gasteiger partial charge in [-0.3, -0.25) is 4.79 Å². The maximum absolute atomic E-state index is 11.0. The highest BCUT2D eigenvalue weighted by Gasteiger charge is 2.39. The average molecular weight is 168 g/mol. The molecule has 2 saturated heterocycles. The summed E-state index contributed by atoms with van der Waals surface area (Å²) in [5.74, 6) is 0.226. The smallest absolute Gasteiger partial charge is 0.219 e. The summed E-state index contributed by atoms with van der Waals surface area (Å²) >= 11 is 0. The number of likely N-dealkylation sites (tertiary alicyclic amines) is 1. The number of hydrogen-bond donors (Lipinski definition) is 1. The van der Waals surface area contributed by atoms with Crippen LogP contribution in [0.1, 0.15) is 26.2 Å². The fraction of sp³-hybridized carbons (Fsp3) is 0.889. The molecule has 1 N–H and O–H groups in total. The number of nitrogens with zero attached hydrogens (tertiary/aromatic N) is 1. The standard InChI is InChI=1S/C9H16N2O/c1-8(12)11-6-3-9(4-7-11)2-5-10-9/h10H,2-7H2,1H3. The molecule has 12 heavy (non-hydrogen) atoms. The van der Waals surface area contributed by atoms with Crippen LogP contribution in [-0.2, 0) is 4.79 Å². The van der Waals surface area contributed by atoms with Crippen LogP contribution in [-0.4, -0.2) is 36.0 Å². The largest absolute Gasteiger partial charge is 0.343 e. The second kappa shape index (κ2) is 2.73. The number of nitrogens with one attached hydrogen (secondary N) is 1. The Morgan fingerprint density at radius 3 is 2.25 bits per heavy atom. The molecule has 3 nitrogen and oxygen atoms in total. The van der Waals surface area contributed by atoms with Gasteiger partial charge in [0, 0.05) is 25.6 Å². The van der Waals surface area contributed by atoms with E-state index in [-0.39, 0.29) is 5.91 Å². The number of hydrogen-bond acceptors (Lipinski definition) is 2. The van der Waals surface area contributed by atoms with Crippen LogP contribution in [0, 0.1) is 0 Å². The van der Waals surface area contributed by atoms with Gasteiger partial charge in [-0.25, -0.2) is 0 Å². The van der Waals surface area contributed by atoms with Crippen LogP contribution in [0.3, 0.4) is 0 Å². The van der Waals surface area contributed by atoms with E-state index in [0.29, 0.717) is 5.54 Å². The molecule has 3 heteroatoms. The number of carbonyl (C=O) groups is 1. The lowest BCUT2D eigenvalue weighted by molar-refractivity contribution is -0.131. The van der Waals surface area contributed by atoms with Crippen molar-refractivity contribution in [3.05, 3.63) is 0 Å². The lowest BCUT2D eigenvalue weighted by Crippen LogP contribution is -2.62. The number of rotatable bonds is 0. The van der Waals surface area contributed by atoms with Gasteiger partial charge < -0.3 is 10.2 Å². The second-order valence-corrected chi connectivity index (χ2v) is 3.96. The Kier molecular flexibility index (Phi) is 1.83. The molecule has 1 spiro atoms. The summed E-state index contributed by atoms with van der Waals surface area (Å²) < 4.78 is 0. The summed E-state index contributed by atoms with van der Waals surface area (Å²) in [5.41, 5.74) is 0.423. The van der Waals surface area contributed by atoms with Gasteiger partial charge in [0.05, 0.1) is 0 Å². The molecule has 0 bridgehead atoms. The van der Waals surface area contributed by atoms with Crippen LogP contribution in [0.2, 0.25) is 0 Å². The van der Waals surface area contributed by atoms with Crippen molar-refractivity contribution in [3.63, 3.8) is 0 Å². The van der Waals surface area contributed by atoms with Crippen molar-refractivity contribution in [3.8, 4) is 0 Å². The van der Waals surface area contributed by atoms with E-state index >= 15 is 0 Å². The Hall–Kier alpha value is -0.570. The predicted octanol–water partition coefficient (Wildman–Crippen LogP) is 0.361. The lowest BCUT2D eigenvalue weighted by atomic mass is 9.79. The summed E-state index contributed by atoms with van der Waals surface area (Å²) in [5, 5.41) is 3.48. The molecule has 0 aromatic heterocycles. The van der Waals surface area contributed by atoms with Crippen molar-refractivity contribution in [2.75, 3.05) is 19.6 Å². The summed E-state index contributed by atoms with van der Waals surface area (Å²) in [6.45, 7) is 4.72. The third-order valence-corrected chi connectivity index (χ3v) is 3.27. The van der Waals surface area contributed by atoms with Crippen molar-refractivity contribution in [1.29, 1.82) is 0 Å². The lowest BCUT2D eigenvalue weighted by Gasteiger charge is -2.48. The molecule has 0 aromatic carbocycles. The summed E-state index contributed by atoms with van der Waals surface area (Å²) in [4.78, 5) is 13.0. The van der Waals surface area contributed by atoms with Crippen molar-refractivity contribution in [2.45, 2.75) is 31.7 Å². The van der Waals surface area contributed by atoms with Crippen molar-refractivity contribution >= 4 is 5.91 Å². The minimum Gasteiger partial charge on any atom is -0.343 e. The average Bonchev–Trinajstić information content (AvgIpc) is 2.02. The van der Waals surface area contributed by atoms with E-state index < -0.39 is 0 Å². The van der Waals surface area contributed by atoms with Gasteiger partial charge in [0.15, 0.2) is 0 Å². The number of carbonyl (C=O) groups excluding carboxylic acids is 1. The third kappa shape index (κ3) is 1.22. The van der Waals surface area contributed by atoms with E-state index in [1.54, 1.807) is 6.92 Å². The topological polar surface area (TPSA) is 32.3 Å². The Morgan fingerprint density at radius 1 is 1.33 bits per heavy atom. The Bertz CT molecular complexity index is 189. The molecule has 0 aliphatic carbocycles. The van der Waals surface area contributed by atoms with E-state index in [0.717, 1.165) is 25.9 Å². The summed E-state index contributed by atoms with van der Waals surface area (Å²) in [6.07, 6.45) is 3.60. The molecule has 2 aliphatic rings. The molecule has 2 fully saturated rings. The first-order valence-corrected chi connectivity index (χ1v) is 4.72. The van der Waals surface area contributed by atoms with Gasteiger partial charge in [-0.05, 0) is 25.8 Å². The fourth-order valence-electron chi connectivity index (χ4n) is 2.15. The van der Waals surface area contributed by atoms with Crippen molar-refractivity contribution < 1.29 is 4.79 Å². The zero-order valence-corrected chi connectivity index (χ0v) is 7.60. The highest BCUT2D eigenvalue weighted by molar-refractivity contribution is 5.73. The molecule has 0 unspecified atom stereocenters. The minimum absolute atomic E-state index is 0.226. The van der Waals surface area contributed by atoms with Gasteiger partial charge in [0.25, 0.3) is 0 Å². The van der Waals surface area contributed by atoms with E-state index in [9.17, 15) is 4.79 Å². The maximum Gasteiger partial charge on any atom is 0.219 e. The van der Waals surface area contributed by atoms with Gasteiger partial charge in [-0.2, -0.15) is 0 Å². The number of piperidine rings is 1. The molecule has 1 amide bonds. The van der Waals surface area contributed by atoms with Gasteiger partial charge in [-0.15, -0.1) is 0 Å². The predicted molar refractivity (Wildman–Crippen MR) is 46.8 cm³/mol. The highest BCUT2D eigenvalue weighted by Crippen LogP contribution is 2.30. The first kappa shape index (κ1) is 8.05. The Labute approximate surface area is 73.1 Å². The molecule has 2 aliphatic heterocycles. The van der Waals surface area contributed by atoms with Crippen LogP contribution in [0.25, 0.3) is 0 Å². The Morgan fingerprint density at radius 2 is 1.92 bits per heavy atom. The van der Waals surface area contributed by atoms with Crippen LogP contribution >= 0.6 is 0 Å². The van der Waals surface area contributed by atoms with Gasteiger partial charge in [-0.1, -0.05) is 0 Å².